The molecule has 4 heteroatoms. The molecule has 0 unspecified atom stereocenters. The van der Waals surface area contributed by atoms with E-state index in [1.165, 1.54) is 6.42 Å². The maximum atomic E-state index is 4.55. The molecule has 0 saturated carbocycles. The fourth-order valence-corrected chi connectivity index (χ4v) is 2.69. The van der Waals surface area contributed by atoms with E-state index in [9.17, 15) is 0 Å². The van der Waals surface area contributed by atoms with Crippen LogP contribution in [0.3, 0.4) is 0 Å². The van der Waals surface area contributed by atoms with Gasteiger partial charge in [0.1, 0.15) is 17.5 Å². The van der Waals surface area contributed by atoms with Crippen LogP contribution >= 0.6 is 0 Å². The van der Waals surface area contributed by atoms with Gasteiger partial charge in [0.2, 0.25) is 0 Å². The van der Waals surface area contributed by atoms with Crippen molar-refractivity contribution in [1.82, 2.24) is 9.97 Å². The molecular formula is C13H22N4. The first-order valence-electron chi connectivity index (χ1n) is 6.37. The third kappa shape index (κ3) is 2.87. The van der Waals surface area contributed by atoms with E-state index in [0.29, 0.717) is 0 Å². The highest BCUT2D eigenvalue weighted by atomic mass is 15.2. The van der Waals surface area contributed by atoms with Gasteiger partial charge < -0.3 is 10.2 Å². The van der Waals surface area contributed by atoms with Crippen molar-refractivity contribution >= 4 is 11.6 Å². The van der Waals surface area contributed by atoms with E-state index in [-0.39, 0.29) is 0 Å². The van der Waals surface area contributed by atoms with Crippen molar-refractivity contribution in [2.24, 2.45) is 11.8 Å². The molecule has 1 fully saturated rings. The first-order chi connectivity index (χ1) is 8.08. The summed E-state index contributed by atoms with van der Waals surface area (Å²) in [7, 11) is 1.90. The summed E-state index contributed by atoms with van der Waals surface area (Å²) in [6.07, 6.45) is 1.32. The van der Waals surface area contributed by atoms with Gasteiger partial charge in [-0.05, 0) is 25.2 Å². The molecule has 17 heavy (non-hydrogen) atoms. The number of hydrogen-bond acceptors (Lipinski definition) is 4. The smallest absolute Gasteiger partial charge is 0.134 e. The number of aryl methyl sites for hydroxylation is 1. The number of aromatic nitrogens is 2. The summed E-state index contributed by atoms with van der Waals surface area (Å²) in [6, 6.07) is 2.04. The highest BCUT2D eigenvalue weighted by Gasteiger charge is 2.23. The number of nitrogens with one attached hydrogen (secondary N) is 1. The zero-order valence-corrected chi connectivity index (χ0v) is 11.2. The van der Waals surface area contributed by atoms with Crippen LogP contribution in [0.2, 0.25) is 0 Å². The molecule has 0 amide bonds. The summed E-state index contributed by atoms with van der Waals surface area (Å²) >= 11 is 0. The SMILES string of the molecule is CNc1cc(N2C[C@H](C)C[C@@H](C)C2)nc(C)n1. The van der Waals surface area contributed by atoms with Gasteiger partial charge in [-0.2, -0.15) is 0 Å². The van der Waals surface area contributed by atoms with Gasteiger partial charge in [0, 0.05) is 26.2 Å². The van der Waals surface area contributed by atoms with E-state index >= 15 is 0 Å². The van der Waals surface area contributed by atoms with E-state index < -0.39 is 0 Å². The Hall–Kier alpha value is -1.32. The molecule has 1 aromatic heterocycles. The average Bonchev–Trinajstić information content (AvgIpc) is 2.26. The molecule has 94 valence electrons. The van der Waals surface area contributed by atoms with Gasteiger partial charge in [0.25, 0.3) is 0 Å². The third-order valence-electron chi connectivity index (χ3n) is 3.27. The van der Waals surface area contributed by atoms with E-state index in [1.54, 1.807) is 0 Å². The average molecular weight is 234 g/mol. The number of rotatable bonds is 2. The topological polar surface area (TPSA) is 41.0 Å². The van der Waals surface area contributed by atoms with Gasteiger partial charge in [-0.3, -0.25) is 0 Å². The number of piperidine rings is 1. The molecule has 0 radical (unpaired) electrons. The monoisotopic (exact) mass is 234 g/mol. The normalized spacial score (nSPS) is 24.8. The second-order valence-corrected chi connectivity index (χ2v) is 5.26. The molecule has 0 aromatic carbocycles. The van der Waals surface area contributed by atoms with Gasteiger partial charge in [-0.1, -0.05) is 13.8 Å². The highest BCUT2D eigenvalue weighted by molar-refractivity contribution is 5.49. The van der Waals surface area contributed by atoms with Crippen LogP contribution in [-0.2, 0) is 0 Å². The lowest BCUT2D eigenvalue weighted by Crippen LogP contribution is -2.39. The molecule has 4 nitrogen and oxygen atoms in total. The Kier molecular flexibility index (Phi) is 3.50. The molecule has 0 spiro atoms. The highest BCUT2D eigenvalue weighted by Crippen LogP contribution is 2.26. The summed E-state index contributed by atoms with van der Waals surface area (Å²) in [4.78, 5) is 11.3. The van der Waals surface area contributed by atoms with Crippen molar-refractivity contribution in [1.29, 1.82) is 0 Å². The molecule has 0 aliphatic carbocycles. The lowest BCUT2D eigenvalue weighted by molar-refractivity contribution is 0.355. The lowest BCUT2D eigenvalue weighted by Gasteiger charge is -2.35. The van der Waals surface area contributed by atoms with Crippen LogP contribution in [0.25, 0.3) is 0 Å². The van der Waals surface area contributed by atoms with Crippen LogP contribution in [0, 0.1) is 18.8 Å². The van der Waals surface area contributed by atoms with Gasteiger partial charge in [-0.15, -0.1) is 0 Å². The van der Waals surface area contributed by atoms with E-state index in [2.05, 4.69) is 34.0 Å². The predicted molar refractivity (Wildman–Crippen MR) is 71.5 cm³/mol. The predicted octanol–water partition coefficient (Wildman–Crippen LogP) is 2.31. The van der Waals surface area contributed by atoms with Crippen LogP contribution in [0.4, 0.5) is 11.6 Å². The minimum Gasteiger partial charge on any atom is -0.373 e. The molecule has 1 aliphatic rings. The van der Waals surface area contributed by atoms with Gasteiger partial charge in [-0.25, -0.2) is 9.97 Å². The minimum atomic E-state index is 0.743. The summed E-state index contributed by atoms with van der Waals surface area (Å²) in [5, 5.41) is 3.09. The Bertz CT molecular complexity index is 381. The maximum Gasteiger partial charge on any atom is 0.134 e. The van der Waals surface area contributed by atoms with Crippen LogP contribution < -0.4 is 10.2 Å². The zero-order chi connectivity index (χ0) is 12.4. The van der Waals surface area contributed by atoms with E-state index in [1.807, 2.05) is 20.0 Å². The summed E-state index contributed by atoms with van der Waals surface area (Å²) in [5.41, 5.74) is 0. The van der Waals surface area contributed by atoms with Gasteiger partial charge >= 0.3 is 0 Å². The molecule has 1 N–H and O–H groups in total. The zero-order valence-electron chi connectivity index (χ0n) is 11.2. The molecule has 1 saturated heterocycles. The van der Waals surface area contributed by atoms with Crippen LogP contribution in [0.15, 0.2) is 6.07 Å². The second-order valence-electron chi connectivity index (χ2n) is 5.26. The molecule has 2 atom stereocenters. The van der Waals surface area contributed by atoms with E-state index in [4.69, 9.17) is 0 Å². The molecular weight excluding hydrogens is 212 g/mol. The molecule has 2 heterocycles. The molecule has 2 rings (SSSR count). The summed E-state index contributed by atoms with van der Waals surface area (Å²) < 4.78 is 0. The number of anilines is 2. The second kappa shape index (κ2) is 4.90. The first kappa shape index (κ1) is 12.1. The quantitative estimate of drug-likeness (QED) is 0.852. The van der Waals surface area contributed by atoms with Crippen LogP contribution in [0.1, 0.15) is 26.1 Å². The third-order valence-corrected chi connectivity index (χ3v) is 3.27. The largest absolute Gasteiger partial charge is 0.373 e. The molecule has 1 aromatic rings. The number of nitrogens with zero attached hydrogens (tertiary/aromatic N) is 3. The molecule has 1 aliphatic heterocycles. The van der Waals surface area contributed by atoms with Crippen molar-refractivity contribution in [3.63, 3.8) is 0 Å². The van der Waals surface area contributed by atoms with Crippen molar-refractivity contribution in [2.75, 3.05) is 30.4 Å². The van der Waals surface area contributed by atoms with Gasteiger partial charge in [0.15, 0.2) is 0 Å². The van der Waals surface area contributed by atoms with Crippen molar-refractivity contribution in [2.45, 2.75) is 27.2 Å². The van der Waals surface area contributed by atoms with Crippen molar-refractivity contribution in [3.8, 4) is 0 Å². The van der Waals surface area contributed by atoms with Gasteiger partial charge in [0.05, 0.1) is 0 Å². The number of hydrogen-bond donors (Lipinski definition) is 1. The fraction of sp³-hybridized carbons (Fsp3) is 0.692. The lowest BCUT2D eigenvalue weighted by atomic mass is 9.92. The Labute approximate surface area is 103 Å². The van der Waals surface area contributed by atoms with Crippen LogP contribution in [-0.4, -0.2) is 30.1 Å². The van der Waals surface area contributed by atoms with Crippen LogP contribution in [0.5, 0.6) is 0 Å². The minimum absolute atomic E-state index is 0.743. The molecule has 0 bridgehead atoms. The van der Waals surface area contributed by atoms with E-state index in [0.717, 1.165) is 42.4 Å². The Morgan fingerprint density at radius 1 is 1.24 bits per heavy atom. The standard InChI is InChI=1S/C13H22N4/c1-9-5-10(2)8-17(7-9)13-6-12(14-4)15-11(3)16-13/h6,9-10H,5,7-8H2,1-4H3,(H,14,15,16)/t9-,10-/m1/s1. The van der Waals surface area contributed by atoms with Crippen molar-refractivity contribution < 1.29 is 0 Å². The first-order valence-corrected chi connectivity index (χ1v) is 6.37. The Balaban J connectivity index is 2.23. The Morgan fingerprint density at radius 2 is 1.88 bits per heavy atom. The maximum absolute atomic E-state index is 4.55. The van der Waals surface area contributed by atoms with Crippen molar-refractivity contribution in [3.05, 3.63) is 11.9 Å². The summed E-state index contributed by atoms with van der Waals surface area (Å²) in [5.74, 6) is 4.27. The Morgan fingerprint density at radius 3 is 2.47 bits per heavy atom. The fourth-order valence-electron chi connectivity index (χ4n) is 2.69. The summed E-state index contributed by atoms with van der Waals surface area (Å²) in [6.45, 7) is 8.78.